The van der Waals surface area contributed by atoms with E-state index in [0.717, 1.165) is 28.5 Å². The van der Waals surface area contributed by atoms with Crippen LogP contribution in [0.4, 0.5) is 0 Å². The van der Waals surface area contributed by atoms with E-state index >= 15 is 0 Å². The molecule has 1 N–H and O–H groups in total. The molecule has 1 fully saturated rings. The highest BCUT2D eigenvalue weighted by atomic mass is 16.5. The SMILES string of the molecule is COc1cccc2c1OC[C@H](C(=O)N(C)Cc1cc(C3CC3)n[nH]1)C2. The van der Waals surface area contributed by atoms with Gasteiger partial charge in [-0.05, 0) is 37.0 Å². The van der Waals surface area contributed by atoms with Crippen molar-refractivity contribution in [2.75, 3.05) is 20.8 Å². The number of hydrogen-bond acceptors (Lipinski definition) is 4. The van der Waals surface area contributed by atoms with E-state index in [-0.39, 0.29) is 11.8 Å². The second-order valence-electron chi connectivity index (χ2n) is 6.95. The van der Waals surface area contributed by atoms with E-state index in [2.05, 4.69) is 16.3 Å². The van der Waals surface area contributed by atoms with Gasteiger partial charge < -0.3 is 14.4 Å². The smallest absolute Gasteiger partial charge is 0.229 e. The molecule has 132 valence electrons. The molecule has 1 aromatic heterocycles. The van der Waals surface area contributed by atoms with Crippen LogP contribution in [0.1, 0.15) is 35.7 Å². The summed E-state index contributed by atoms with van der Waals surface area (Å²) in [4.78, 5) is 14.6. The molecular formula is C19H23N3O3. The van der Waals surface area contributed by atoms with Crippen LogP contribution in [-0.4, -0.2) is 41.8 Å². The molecule has 1 aromatic carbocycles. The van der Waals surface area contributed by atoms with Gasteiger partial charge in [-0.25, -0.2) is 0 Å². The standard InChI is InChI=1S/C19H23N3O3/c1-22(10-15-9-16(21-20-15)12-6-7-12)19(23)14-8-13-4-3-5-17(24-2)18(13)25-11-14/h3-5,9,12,14H,6-8,10-11H2,1-2H3,(H,20,21)/t14-/m1/s1. The third-order valence-electron chi connectivity index (χ3n) is 4.95. The fraction of sp³-hybridized carbons (Fsp3) is 0.474. The van der Waals surface area contributed by atoms with Crippen molar-refractivity contribution in [3.8, 4) is 11.5 Å². The van der Waals surface area contributed by atoms with Gasteiger partial charge in [0.2, 0.25) is 5.91 Å². The zero-order valence-electron chi connectivity index (χ0n) is 14.6. The van der Waals surface area contributed by atoms with Crippen molar-refractivity contribution in [2.24, 2.45) is 5.92 Å². The van der Waals surface area contributed by atoms with E-state index < -0.39 is 0 Å². The Morgan fingerprint density at radius 3 is 3.04 bits per heavy atom. The Balaban J connectivity index is 1.41. The summed E-state index contributed by atoms with van der Waals surface area (Å²) >= 11 is 0. The molecule has 0 saturated heterocycles. The third kappa shape index (κ3) is 3.21. The second kappa shape index (κ2) is 6.43. The number of rotatable bonds is 5. The van der Waals surface area contributed by atoms with Crippen LogP contribution in [0.5, 0.6) is 11.5 Å². The number of ether oxygens (including phenoxy) is 2. The molecule has 1 aliphatic heterocycles. The first-order chi connectivity index (χ1) is 12.2. The lowest BCUT2D eigenvalue weighted by molar-refractivity contribution is -0.136. The number of methoxy groups -OCH3 is 1. The van der Waals surface area contributed by atoms with Crippen LogP contribution < -0.4 is 9.47 Å². The number of aromatic nitrogens is 2. The van der Waals surface area contributed by atoms with Crippen molar-refractivity contribution in [2.45, 2.75) is 31.7 Å². The molecule has 2 heterocycles. The minimum absolute atomic E-state index is 0.0936. The molecule has 2 aromatic rings. The zero-order chi connectivity index (χ0) is 17.4. The monoisotopic (exact) mass is 341 g/mol. The number of hydrogen-bond donors (Lipinski definition) is 1. The maximum atomic E-state index is 12.8. The van der Waals surface area contributed by atoms with Gasteiger partial charge in [-0.3, -0.25) is 9.89 Å². The number of nitrogens with zero attached hydrogens (tertiary/aromatic N) is 2. The van der Waals surface area contributed by atoms with E-state index in [1.165, 1.54) is 12.8 Å². The topological polar surface area (TPSA) is 67.5 Å². The predicted molar refractivity (Wildman–Crippen MR) is 92.7 cm³/mol. The molecule has 4 rings (SSSR count). The molecule has 0 radical (unpaired) electrons. The number of carbonyl (C=O) groups is 1. The van der Waals surface area contributed by atoms with Gasteiger partial charge in [0.15, 0.2) is 11.5 Å². The molecule has 1 atom stereocenters. The van der Waals surface area contributed by atoms with E-state index in [1.807, 2.05) is 25.2 Å². The summed E-state index contributed by atoms with van der Waals surface area (Å²) in [6.07, 6.45) is 3.12. The summed E-state index contributed by atoms with van der Waals surface area (Å²) in [6, 6.07) is 7.89. The number of aromatic amines is 1. The van der Waals surface area contributed by atoms with Crippen molar-refractivity contribution in [3.63, 3.8) is 0 Å². The Hall–Kier alpha value is -2.50. The van der Waals surface area contributed by atoms with Gasteiger partial charge >= 0.3 is 0 Å². The van der Waals surface area contributed by atoms with E-state index in [0.29, 0.717) is 25.5 Å². The first-order valence-electron chi connectivity index (χ1n) is 8.73. The highest BCUT2D eigenvalue weighted by Crippen LogP contribution is 2.39. The molecule has 6 nitrogen and oxygen atoms in total. The summed E-state index contributed by atoms with van der Waals surface area (Å²) in [7, 11) is 3.46. The van der Waals surface area contributed by atoms with Crippen molar-refractivity contribution in [3.05, 3.63) is 41.2 Å². The number of amides is 1. The Morgan fingerprint density at radius 2 is 2.28 bits per heavy atom. The van der Waals surface area contributed by atoms with Crippen molar-refractivity contribution >= 4 is 5.91 Å². The Morgan fingerprint density at radius 1 is 1.44 bits per heavy atom. The van der Waals surface area contributed by atoms with Crippen LogP contribution in [-0.2, 0) is 17.8 Å². The van der Waals surface area contributed by atoms with Gasteiger partial charge in [-0.1, -0.05) is 12.1 Å². The molecule has 1 amide bonds. The lowest BCUT2D eigenvalue weighted by Gasteiger charge is -2.28. The Kier molecular flexibility index (Phi) is 4.11. The number of nitrogens with one attached hydrogen (secondary N) is 1. The van der Waals surface area contributed by atoms with Gasteiger partial charge in [0.25, 0.3) is 0 Å². The third-order valence-corrected chi connectivity index (χ3v) is 4.95. The summed E-state index contributed by atoms with van der Waals surface area (Å²) in [6.45, 7) is 0.923. The molecule has 0 bridgehead atoms. The van der Waals surface area contributed by atoms with Crippen molar-refractivity contribution in [1.29, 1.82) is 0 Å². The predicted octanol–water partition coefficient (Wildman–Crippen LogP) is 2.51. The van der Waals surface area contributed by atoms with Gasteiger partial charge in [-0.2, -0.15) is 5.10 Å². The van der Waals surface area contributed by atoms with Gasteiger partial charge in [0, 0.05) is 13.0 Å². The number of benzene rings is 1. The van der Waals surface area contributed by atoms with Crippen LogP contribution in [0, 0.1) is 5.92 Å². The summed E-state index contributed by atoms with van der Waals surface area (Å²) in [5.74, 6) is 2.02. The fourth-order valence-electron chi connectivity index (χ4n) is 3.41. The van der Waals surface area contributed by atoms with Gasteiger partial charge in [0.05, 0.1) is 31.0 Å². The number of fused-ring (bicyclic) bond motifs is 1. The summed E-state index contributed by atoms with van der Waals surface area (Å²) in [5.41, 5.74) is 3.13. The zero-order valence-corrected chi connectivity index (χ0v) is 14.6. The maximum Gasteiger partial charge on any atom is 0.229 e. The minimum Gasteiger partial charge on any atom is -0.493 e. The van der Waals surface area contributed by atoms with Crippen LogP contribution in [0.25, 0.3) is 0 Å². The molecule has 2 aliphatic rings. The van der Waals surface area contributed by atoms with Crippen molar-refractivity contribution < 1.29 is 14.3 Å². The van der Waals surface area contributed by atoms with Gasteiger partial charge in [0.1, 0.15) is 6.61 Å². The number of H-pyrrole nitrogens is 1. The highest BCUT2D eigenvalue weighted by Gasteiger charge is 2.30. The molecule has 25 heavy (non-hydrogen) atoms. The molecule has 0 unspecified atom stereocenters. The first kappa shape index (κ1) is 16.0. The number of para-hydroxylation sites is 1. The minimum atomic E-state index is -0.171. The Labute approximate surface area is 147 Å². The molecule has 0 spiro atoms. The molecule has 1 saturated carbocycles. The average molecular weight is 341 g/mol. The van der Waals surface area contributed by atoms with Crippen LogP contribution in [0.2, 0.25) is 0 Å². The molecular weight excluding hydrogens is 318 g/mol. The second-order valence-corrected chi connectivity index (χ2v) is 6.95. The number of carbonyl (C=O) groups excluding carboxylic acids is 1. The largest absolute Gasteiger partial charge is 0.493 e. The molecule has 1 aliphatic carbocycles. The quantitative estimate of drug-likeness (QED) is 0.907. The maximum absolute atomic E-state index is 12.8. The van der Waals surface area contributed by atoms with E-state index in [9.17, 15) is 4.79 Å². The van der Waals surface area contributed by atoms with Crippen LogP contribution in [0.3, 0.4) is 0 Å². The molecule has 6 heteroatoms. The van der Waals surface area contributed by atoms with Gasteiger partial charge in [-0.15, -0.1) is 0 Å². The summed E-state index contributed by atoms with van der Waals surface area (Å²) < 4.78 is 11.2. The lowest BCUT2D eigenvalue weighted by Crippen LogP contribution is -2.38. The first-order valence-corrected chi connectivity index (χ1v) is 8.73. The van der Waals surface area contributed by atoms with E-state index in [4.69, 9.17) is 9.47 Å². The van der Waals surface area contributed by atoms with Crippen molar-refractivity contribution in [1.82, 2.24) is 15.1 Å². The van der Waals surface area contributed by atoms with Crippen LogP contribution in [0.15, 0.2) is 24.3 Å². The Bertz CT molecular complexity index is 782. The highest BCUT2D eigenvalue weighted by molar-refractivity contribution is 5.79. The van der Waals surface area contributed by atoms with E-state index in [1.54, 1.807) is 12.0 Å². The lowest BCUT2D eigenvalue weighted by atomic mass is 9.95. The average Bonchev–Trinajstić information content (AvgIpc) is 3.39. The summed E-state index contributed by atoms with van der Waals surface area (Å²) in [5, 5.41) is 7.41. The fourth-order valence-corrected chi connectivity index (χ4v) is 3.41. The van der Waals surface area contributed by atoms with Crippen LogP contribution >= 0.6 is 0 Å². The normalized spacial score (nSPS) is 19.0.